The van der Waals surface area contributed by atoms with Gasteiger partial charge in [0.1, 0.15) is 12.3 Å². The van der Waals surface area contributed by atoms with Gasteiger partial charge in [-0.3, -0.25) is 24.2 Å². The number of allylic oxidation sites excluding steroid dienone is 2. The predicted octanol–water partition coefficient (Wildman–Crippen LogP) is 0.885. The number of hydrogen-bond acceptors (Lipinski definition) is 6. The van der Waals surface area contributed by atoms with Crippen molar-refractivity contribution in [2.75, 3.05) is 57.8 Å². The van der Waals surface area contributed by atoms with Crippen LogP contribution in [-0.2, 0) is 14.4 Å². The monoisotopic (exact) mass is 426 g/mol. The van der Waals surface area contributed by atoms with E-state index < -0.39 is 0 Å². The largest absolute Gasteiger partial charge is 0.495 e. The van der Waals surface area contributed by atoms with Crippen molar-refractivity contribution in [3.8, 4) is 5.75 Å². The number of carbonyl (C=O) groups excluding carboxylic acids is 3. The molecule has 4 rings (SSSR count). The summed E-state index contributed by atoms with van der Waals surface area (Å²) in [5.41, 5.74) is 1.11. The van der Waals surface area contributed by atoms with E-state index in [2.05, 4.69) is 21.2 Å². The van der Waals surface area contributed by atoms with Crippen LogP contribution in [0.25, 0.3) is 0 Å². The molecule has 0 spiro atoms. The summed E-state index contributed by atoms with van der Waals surface area (Å²) in [7, 11) is 1.69. The van der Waals surface area contributed by atoms with Crippen molar-refractivity contribution in [3.63, 3.8) is 0 Å². The molecule has 0 aromatic heterocycles. The Bertz CT molecular complexity index is 837. The lowest BCUT2D eigenvalue weighted by atomic mass is 9.85. The average molecular weight is 427 g/mol. The molecule has 31 heavy (non-hydrogen) atoms. The van der Waals surface area contributed by atoms with Gasteiger partial charge in [0.25, 0.3) is 0 Å². The second-order valence-corrected chi connectivity index (χ2v) is 8.27. The number of benzene rings is 1. The molecule has 1 aromatic rings. The number of amides is 3. The van der Waals surface area contributed by atoms with Crippen molar-refractivity contribution < 1.29 is 19.1 Å². The van der Waals surface area contributed by atoms with E-state index >= 15 is 0 Å². The zero-order valence-corrected chi connectivity index (χ0v) is 18.0. The standard InChI is InChI=1S/C23H30N4O4/c1-31-20-9-5-4-8-19(20)26-14-12-25(13-15-26)11-10-24-21(28)16-27-22(29)17-6-2-3-7-18(17)23(27)30/h2-5,8-9,17-18H,6-7,10-16H2,1H3,(H,24,28). The first-order valence-electron chi connectivity index (χ1n) is 11.0. The Hall–Kier alpha value is -2.87. The van der Waals surface area contributed by atoms with Crippen molar-refractivity contribution in [2.45, 2.75) is 12.8 Å². The second-order valence-electron chi connectivity index (χ2n) is 8.27. The van der Waals surface area contributed by atoms with Crippen LogP contribution in [0.1, 0.15) is 12.8 Å². The summed E-state index contributed by atoms with van der Waals surface area (Å²) in [6.07, 6.45) is 5.08. The van der Waals surface area contributed by atoms with E-state index in [1.54, 1.807) is 7.11 Å². The van der Waals surface area contributed by atoms with Gasteiger partial charge in [0, 0.05) is 39.3 Å². The van der Waals surface area contributed by atoms with Crippen LogP contribution in [0.2, 0.25) is 0 Å². The van der Waals surface area contributed by atoms with E-state index in [4.69, 9.17) is 4.74 Å². The molecule has 2 heterocycles. The van der Waals surface area contributed by atoms with Gasteiger partial charge in [-0.15, -0.1) is 0 Å². The Kier molecular flexibility index (Phi) is 6.56. The van der Waals surface area contributed by atoms with Crippen LogP contribution in [0.3, 0.4) is 0 Å². The van der Waals surface area contributed by atoms with E-state index in [1.165, 1.54) is 0 Å². The summed E-state index contributed by atoms with van der Waals surface area (Å²) in [6, 6.07) is 8.02. The zero-order valence-electron chi connectivity index (χ0n) is 18.0. The quantitative estimate of drug-likeness (QED) is 0.515. The van der Waals surface area contributed by atoms with Gasteiger partial charge < -0.3 is 15.0 Å². The smallest absolute Gasteiger partial charge is 0.240 e. The molecule has 1 aliphatic carbocycles. The Morgan fingerprint density at radius 2 is 1.68 bits per heavy atom. The topological polar surface area (TPSA) is 82.2 Å². The van der Waals surface area contributed by atoms with E-state index in [-0.39, 0.29) is 36.1 Å². The number of hydrogen-bond donors (Lipinski definition) is 1. The molecule has 0 radical (unpaired) electrons. The van der Waals surface area contributed by atoms with E-state index in [1.807, 2.05) is 30.4 Å². The number of ether oxygens (including phenoxy) is 1. The molecule has 0 saturated carbocycles. The maximum atomic E-state index is 12.5. The highest BCUT2D eigenvalue weighted by Crippen LogP contribution is 2.34. The summed E-state index contributed by atoms with van der Waals surface area (Å²) < 4.78 is 5.46. The minimum Gasteiger partial charge on any atom is -0.495 e. The molecule has 8 nitrogen and oxygen atoms in total. The molecule has 2 atom stereocenters. The molecule has 8 heteroatoms. The van der Waals surface area contributed by atoms with Gasteiger partial charge in [0.2, 0.25) is 17.7 Å². The van der Waals surface area contributed by atoms with Crippen LogP contribution in [0.5, 0.6) is 5.75 Å². The minimum atomic E-state index is -0.287. The molecule has 2 fully saturated rings. The molecule has 3 amide bonds. The van der Waals surface area contributed by atoms with Crippen molar-refractivity contribution in [1.29, 1.82) is 0 Å². The van der Waals surface area contributed by atoms with Gasteiger partial charge in [0.05, 0.1) is 24.6 Å². The lowest BCUT2D eigenvalue weighted by Crippen LogP contribution is -2.49. The normalized spacial score (nSPS) is 23.8. The number of imide groups is 1. The average Bonchev–Trinajstić information content (AvgIpc) is 3.04. The molecule has 2 saturated heterocycles. The molecule has 0 bridgehead atoms. The van der Waals surface area contributed by atoms with Gasteiger partial charge in [0.15, 0.2) is 0 Å². The fourth-order valence-corrected chi connectivity index (χ4v) is 4.68. The number of piperazine rings is 1. The fourth-order valence-electron chi connectivity index (χ4n) is 4.68. The summed E-state index contributed by atoms with van der Waals surface area (Å²) in [6.45, 7) is 4.64. The number of nitrogens with zero attached hydrogens (tertiary/aromatic N) is 3. The maximum Gasteiger partial charge on any atom is 0.240 e. The summed E-state index contributed by atoms with van der Waals surface area (Å²) in [5.74, 6) is -0.385. The summed E-state index contributed by atoms with van der Waals surface area (Å²) in [4.78, 5) is 43.0. The van der Waals surface area contributed by atoms with Crippen LogP contribution in [-0.4, -0.2) is 80.4 Å². The number of anilines is 1. The first-order valence-corrected chi connectivity index (χ1v) is 11.0. The highest BCUT2D eigenvalue weighted by molar-refractivity contribution is 6.07. The number of fused-ring (bicyclic) bond motifs is 1. The number of likely N-dealkylation sites (tertiary alicyclic amines) is 1. The molecular weight excluding hydrogens is 396 g/mol. The van der Waals surface area contributed by atoms with Crippen molar-refractivity contribution in [2.24, 2.45) is 11.8 Å². The highest BCUT2D eigenvalue weighted by Gasteiger charge is 2.47. The SMILES string of the molecule is COc1ccccc1N1CCN(CCNC(=O)CN2C(=O)C3CC=CCC3C2=O)CC1. The maximum absolute atomic E-state index is 12.5. The van der Waals surface area contributed by atoms with E-state index in [0.29, 0.717) is 19.4 Å². The number of nitrogens with one attached hydrogen (secondary N) is 1. The lowest BCUT2D eigenvalue weighted by Gasteiger charge is -2.36. The Balaban J connectivity index is 1.19. The Morgan fingerprint density at radius 3 is 2.32 bits per heavy atom. The molecule has 2 aliphatic heterocycles. The van der Waals surface area contributed by atoms with Crippen LogP contribution in [0.15, 0.2) is 36.4 Å². The summed E-state index contributed by atoms with van der Waals surface area (Å²) >= 11 is 0. The highest BCUT2D eigenvalue weighted by atomic mass is 16.5. The number of para-hydroxylation sites is 2. The van der Waals surface area contributed by atoms with Gasteiger partial charge in [-0.05, 0) is 25.0 Å². The van der Waals surface area contributed by atoms with Crippen LogP contribution < -0.4 is 15.0 Å². The molecular formula is C23H30N4O4. The second kappa shape index (κ2) is 9.51. The van der Waals surface area contributed by atoms with Crippen molar-refractivity contribution >= 4 is 23.4 Å². The molecule has 166 valence electrons. The molecule has 3 aliphatic rings. The third kappa shape index (κ3) is 4.58. The van der Waals surface area contributed by atoms with E-state index in [9.17, 15) is 14.4 Å². The molecule has 1 N–H and O–H groups in total. The minimum absolute atomic E-state index is 0.174. The molecule has 1 aromatic carbocycles. The van der Waals surface area contributed by atoms with Crippen LogP contribution >= 0.6 is 0 Å². The predicted molar refractivity (Wildman–Crippen MR) is 117 cm³/mol. The first kappa shape index (κ1) is 21.4. The number of methoxy groups -OCH3 is 1. The third-order valence-electron chi connectivity index (χ3n) is 6.45. The van der Waals surface area contributed by atoms with Gasteiger partial charge in [-0.25, -0.2) is 0 Å². The fraction of sp³-hybridized carbons (Fsp3) is 0.522. The Labute approximate surface area is 182 Å². The van der Waals surface area contributed by atoms with Crippen molar-refractivity contribution in [3.05, 3.63) is 36.4 Å². The number of rotatable bonds is 7. The van der Waals surface area contributed by atoms with Crippen LogP contribution in [0, 0.1) is 11.8 Å². The first-order chi connectivity index (χ1) is 15.1. The zero-order chi connectivity index (χ0) is 21.8. The number of carbonyl (C=O) groups is 3. The molecule has 2 unspecified atom stereocenters. The summed E-state index contributed by atoms with van der Waals surface area (Å²) in [5, 5.41) is 2.86. The van der Waals surface area contributed by atoms with E-state index in [0.717, 1.165) is 49.1 Å². The van der Waals surface area contributed by atoms with Gasteiger partial charge in [-0.2, -0.15) is 0 Å². The van der Waals surface area contributed by atoms with Gasteiger partial charge >= 0.3 is 0 Å². The third-order valence-corrected chi connectivity index (χ3v) is 6.45. The van der Waals surface area contributed by atoms with Crippen LogP contribution in [0.4, 0.5) is 5.69 Å². The van der Waals surface area contributed by atoms with Crippen molar-refractivity contribution in [1.82, 2.24) is 15.1 Å². The Morgan fingerprint density at radius 1 is 1.03 bits per heavy atom. The lowest BCUT2D eigenvalue weighted by molar-refractivity contribution is -0.143. The van der Waals surface area contributed by atoms with Gasteiger partial charge in [-0.1, -0.05) is 24.3 Å².